The molecular weight excluding hydrogens is 219 g/mol. The van der Waals surface area contributed by atoms with Crippen LogP contribution in [0.3, 0.4) is 0 Å². The predicted molar refractivity (Wildman–Crippen MR) is 49.4 cm³/mol. The third-order valence-corrected chi connectivity index (χ3v) is 1.61. The summed E-state index contributed by atoms with van der Waals surface area (Å²) >= 11 is 0. The summed E-state index contributed by atoms with van der Waals surface area (Å²) in [6.07, 6.45) is 0. The first-order valence-corrected chi connectivity index (χ1v) is 3.46. The number of carboxylic acid groups (broad SMARTS) is 2. The molecule has 0 heterocycles. The number of benzene rings is 1. The lowest BCUT2D eigenvalue weighted by molar-refractivity contribution is 0.0674. The number of hydrogen-bond donors (Lipinski definition) is 4. The molecule has 0 spiro atoms. The van der Waals surface area contributed by atoms with Crippen LogP contribution in [-0.2, 0) is 0 Å². The second kappa shape index (κ2) is 4.68. The zero-order valence-electron chi connectivity index (χ0n) is 7.34. The van der Waals surface area contributed by atoms with Crippen LogP contribution in [-0.4, -0.2) is 49.7 Å². The molecule has 0 aliphatic rings. The van der Waals surface area contributed by atoms with Gasteiger partial charge in [-0.3, -0.25) is 0 Å². The van der Waals surface area contributed by atoms with Crippen LogP contribution in [0.1, 0.15) is 20.7 Å². The molecule has 0 saturated carbocycles. The van der Waals surface area contributed by atoms with Gasteiger partial charge in [0.1, 0.15) is 11.1 Å². The highest BCUT2D eigenvalue weighted by atomic mass is 27.0. The molecule has 7 heteroatoms. The van der Waals surface area contributed by atoms with E-state index in [-0.39, 0.29) is 17.4 Å². The van der Waals surface area contributed by atoms with E-state index in [4.69, 9.17) is 20.4 Å². The first kappa shape index (κ1) is 13.3. The minimum absolute atomic E-state index is 0. The van der Waals surface area contributed by atoms with E-state index in [1.165, 1.54) is 0 Å². The Morgan fingerprint density at radius 2 is 1.13 bits per heavy atom. The highest BCUT2D eigenvalue weighted by molar-refractivity contribution is 5.97. The highest BCUT2D eigenvalue weighted by Gasteiger charge is 2.19. The molecule has 0 amide bonds. The van der Waals surface area contributed by atoms with Crippen LogP contribution in [0.2, 0.25) is 0 Å². The smallest absolute Gasteiger partial charge is 0.339 e. The topological polar surface area (TPSA) is 115 Å². The molecule has 15 heavy (non-hydrogen) atoms. The predicted octanol–water partition coefficient (Wildman–Crippen LogP) is 0.113. The maximum absolute atomic E-state index is 10.4. The minimum Gasteiger partial charge on any atom is -0.504 e. The lowest BCUT2D eigenvalue weighted by Crippen LogP contribution is -2.01. The fourth-order valence-electron chi connectivity index (χ4n) is 0.925. The van der Waals surface area contributed by atoms with E-state index in [0.717, 1.165) is 12.1 Å². The molecule has 0 aliphatic heterocycles. The fraction of sp³-hybridized carbons (Fsp3) is 0. The Balaban J connectivity index is 0.00000196. The van der Waals surface area contributed by atoms with E-state index in [1.54, 1.807) is 0 Å². The summed E-state index contributed by atoms with van der Waals surface area (Å²) in [4.78, 5) is 20.9. The summed E-state index contributed by atoms with van der Waals surface area (Å²) in [5, 5.41) is 35.2. The molecule has 4 N–H and O–H groups in total. The molecule has 1 rings (SSSR count). The number of phenols is 2. The monoisotopic (exact) mass is 225 g/mol. The third-order valence-electron chi connectivity index (χ3n) is 1.61. The second-order valence-corrected chi connectivity index (χ2v) is 2.47. The van der Waals surface area contributed by atoms with E-state index in [9.17, 15) is 9.59 Å². The van der Waals surface area contributed by atoms with Crippen LogP contribution in [0, 0.1) is 0 Å². The van der Waals surface area contributed by atoms with E-state index < -0.39 is 34.6 Å². The highest BCUT2D eigenvalue weighted by Crippen LogP contribution is 2.32. The Bertz CT molecular complexity index is 375. The van der Waals surface area contributed by atoms with Gasteiger partial charge in [0.15, 0.2) is 11.5 Å². The third kappa shape index (κ3) is 2.40. The quantitative estimate of drug-likeness (QED) is 0.419. The molecule has 0 aliphatic carbocycles. The van der Waals surface area contributed by atoms with Gasteiger partial charge >= 0.3 is 11.9 Å². The molecule has 1 aromatic carbocycles. The number of aromatic carboxylic acids is 2. The van der Waals surface area contributed by atoms with Crippen molar-refractivity contribution < 1.29 is 30.0 Å². The molecule has 6 nitrogen and oxygen atoms in total. The fourth-order valence-corrected chi connectivity index (χ4v) is 0.925. The SMILES string of the molecule is O=C(O)c1ccc(C(=O)O)c(O)c1O.[Al]. The summed E-state index contributed by atoms with van der Waals surface area (Å²) in [5.74, 6) is -4.79. The van der Waals surface area contributed by atoms with Crippen LogP contribution in [0.5, 0.6) is 11.5 Å². The average Bonchev–Trinajstić information content (AvgIpc) is 2.08. The molecule has 0 aromatic heterocycles. The van der Waals surface area contributed by atoms with E-state index in [0.29, 0.717) is 0 Å². The number of rotatable bonds is 2. The van der Waals surface area contributed by atoms with Crippen molar-refractivity contribution in [3.63, 3.8) is 0 Å². The largest absolute Gasteiger partial charge is 0.504 e. The van der Waals surface area contributed by atoms with Gasteiger partial charge in [-0.05, 0) is 12.1 Å². The molecule has 0 atom stereocenters. The lowest BCUT2D eigenvalue weighted by Gasteiger charge is -2.04. The lowest BCUT2D eigenvalue weighted by atomic mass is 10.1. The van der Waals surface area contributed by atoms with Gasteiger partial charge in [0, 0.05) is 17.4 Å². The van der Waals surface area contributed by atoms with Crippen molar-refractivity contribution >= 4 is 29.3 Å². The van der Waals surface area contributed by atoms with Crippen LogP contribution >= 0.6 is 0 Å². The normalized spacial score (nSPS) is 9.07. The van der Waals surface area contributed by atoms with Crippen LogP contribution in [0.25, 0.3) is 0 Å². The van der Waals surface area contributed by atoms with Crippen molar-refractivity contribution in [2.45, 2.75) is 0 Å². The summed E-state index contributed by atoms with van der Waals surface area (Å²) in [6, 6.07) is 1.81. The summed E-state index contributed by atoms with van der Waals surface area (Å²) in [6.45, 7) is 0. The minimum atomic E-state index is -1.45. The maximum Gasteiger partial charge on any atom is 0.339 e. The molecule has 0 saturated heterocycles. The van der Waals surface area contributed by atoms with Gasteiger partial charge in [-0.2, -0.15) is 0 Å². The van der Waals surface area contributed by atoms with Gasteiger partial charge in [-0.25, -0.2) is 9.59 Å². The first-order chi connectivity index (χ1) is 6.45. The van der Waals surface area contributed by atoms with E-state index in [1.807, 2.05) is 0 Å². The van der Waals surface area contributed by atoms with Crippen molar-refractivity contribution in [1.29, 1.82) is 0 Å². The first-order valence-electron chi connectivity index (χ1n) is 3.46. The van der Waals surface area contributed by atoms with Gasteiger partial charge in [-0.15, -0.1) is 0 Å². The molecule has 1 aromatic rings. The zero-order chi connectivity index (χ0) is 10.9. The van der Waals surface area contributed by atoms with Crippen molar-refractivity contribution in [3.8, 4) is 11.5 Å². The Morgan fingerprint density at radius 3 is 1.33 bits per heavy atom. The summed E-state index contributed by atoms with van der Waals surface area (Å²) in [7, 11) is 0. The second-order valence-electron chi connectivity index (χ2n) is 2.47. The molecule has 0 bridgehead atoms. The van der Waals surface area contributed by atoms with E-state index in [2.05, 4.69) is 0 Å². The standard InChI is InChI=1S/C8H6O6.Al/c9-5-3(7(11)12)1-2-4(6(5)10)8(13)14;/h1-2,9-10H,(H,11,12)(H,13,14);. The van der Waals surface area contributed by atoms with Crippen LogP contribution in [0.15, 0.2) is 12.1 Å². The number of aromatic hydroxyl groups is 2. The molecule has 0 fully saturated rings. The Hall–Kier alpha value is -1.71. The van der Waals surface area contributed by atoms with Gasteiger partial charge < -0.3 is 20.4 Å². The molecule has 3 radical (unpaired) electrons. The van der Waals surface area contributed by atoms with E-state index >= 15 is 0 Å². The van der Waals surface area contributed by atoms with Crippen molar-refractivity contribution in [2.24, 2.45) is 0 Å². The number of carboxylic acids is 2. The van der Waals surface area contributed by atoms with Gasteiger partial charge in [0.05, 0.1) is 0 Å². The zero-order valence-corrected chi connectivity index (χ0v) is 8.49. The van der Waals surface area contributed by atoms with Gasteiger partial charge in [0.25, 0.3) is 0 Å². The average molecular weight is 225 g/mol. The number of hydrogen-bond acceptors (Lipinski definition) is 4. The Labute approximate surface area is 94.5 Å². The van der Waals surface area contributed by atoms with Crippen LogP contribution < -0.4 is 0 Å². The van der Waals surface area contributed by atoms with Crippen molar-refractivity contribution in [1.82, 2.24) is 0 Å². The van der Waals surface area contributed by atoms with Gasteiger partial charge in [-0.1, -0.05) is 0 Å². The van der Waals surface area contributed by atoms with Crippen LogP contribution in [0.4, 0.5) is 0 Å². The molecular formula is C8H6AlO6. The van der Waals surface area contributed by atoms with Gasteiger partial charge in [0.2, 0.25) is 0 Å². The van der Waals surface area contributed by atoms with Crippen molar-refractivity contribution in [2.75, 3.05) is 0 Å². The molecule has 0 unspecified atom stereocenters. The summed E-state index contributed by atoms with van der Waals surface area (Å²) < 4.78 is 0. The number of carbonyl (C=O) groups is 2. The maximum atomic E-state index is 10.4. The molecule has 77 valence electrons. The Kier molecular flexibility index (Phi) is 4.15. The summed E-state index contributed by atoms with van der Waals surface area (Å²) in [5.41, 5.74) is -1.10. The Morgan fingerprint density at radius 1 is 0.867 bits per heavy atom. The van der Waals surface area contributed by atoms with Crippen molar-refractivity contribution in [3.05, 3.63) is 23.3 Å².